The van der Waals surface area contributed by atoms with Crippen LogP contribution in [0, 0.1) is 0 Å². The van der Waals surface area contributed by atoms with Crippen LogP contribution < -0.4 is 15.4 Å². The number of rotatable bonds is 7. The Morgan fingerprint density at radius 2 is 1.77 bits per heavy atom. The zero-order chi connectivity index (χ0) is 20.6. The van der Waals surface area contributed by atoms with Crippen molar-refractivity contribution in [3.63, 3.8) is 0 Å². The molecule has 7 nitrogen and oxygen atoms in total. The van der Waals surface area contributed by atoms with Crippen LogP contribution in [0.3, 0.4) is 0 Å². The molecule has 2 aromatic carbocycles. The molecule has 0 radical (unpaired) electrons. The summed E-state index contributed by atoms with van der Waals surface area (Å²) in [5.74, 6) is 1.42. The Morgan fingerprint density at radius 3 is 2.60 bits per heavy atom. The molecule has 0 aliphatic rings. The molecule has 30 heavy (non-hydrogen) atoms. The fourth-order valence-electron chi connectivity index (χ4n) is 2.73. The lowest BCUT2D eigenvalue weighted by molar-refractivity contribution is 0.102. The van der Waals surface area contributed by atoms with Gasteiger partial charge in [-0.2, -0.15) is 0 Å². The Hall–Kier alpha value is -4.26. The van der Waals surface area contributed by atoms with Crippen molar-refractivity contribution in [2.75, 3.05) is 10.6 Å². The van der Waals surface area contributed by atoms with Gasteiger partial charge in [0.15, 0.2) is 5.75 Å². The molecule has 0 saturated heterocycles. The van der Waals surface area contributed by atoms with Crippen LogP contribution in [0.4, 0.5) is 11.5 Å². The fourth-order valence-corrected chi connectivity index (χ4v) is 2.73. The van der Waals surface area contributed by atoms with Gasteiger partial charge in [0.2, 0.25) is 0 Å². The van der Waals surface area contributed by atoms with E-state index < -0.39 is 0 Å². The van der Waals surface area contributed by atoms with Gasteiger partial charge in [-0.3, -0.25) is 9.78 Å². The minimum absolute atomic E-state index is 0.244. The van der Waals surface area contributed by atoms with E-state index in [4.69, 9.17) is 4.74 Å². The zero-order valence-corrected chi connectivity index (χ0v) is 16.0. The highest BCUT2D eigenvalue weighted by Gasteiger charge is 2.12. The van der Waals surface area contributed by atoms with Gasteiger partial charge in [0.25, 0.3) is 5.91 Å². The second-order valence-electron chi connectivity index (χ2n) is 6.37. The second-order valence-corrected chi connectivity index (χ2v) is 6.37. The van der Waals surface area contributed by atoms with Crippen molar-refractivity contribution in [2.45, 2.75) is 6.54 Å². The largest absolute Gasteiger partial charge is 0.455 e. The van der Waals surface area contributed by atoms with Crippen molar-refractivity contribution >= 4 is 17.4 Å². The molecule has 1 amide bonds. The summed E-state index contributed by atoms with van der Waals surface area (Å²) >= 11 is 0. The van der Waals surface area contributed by atoms with Crippen molar-refractivity contribution in [2.24, 2.45) is 0 Å². The number of carbonyl (C=O) groups is 1. The lowest BCUT2D eigenvalue weighted by Gasteiger charge is -2.12. The molecule has 0 aliphatic heterocycles. The van der Waals surface area contributed by atoms with Crippen LogP contribution in [-0.2, 0) is 6.54 Å². The third-order valence-corrected chi connectivity index (χ3v) is 4.20. The van der Waals surface area contributed by atoms with Gasteiger partial charge in [-0.25, -0.2) is 9.97 Å². The highest BCUT2D eigenvalue weighted by atomic mass is 16.5. The maximum atomic E-state index is 12.8. The summed E-state index contributed by atoms with van der Waals surface area (Å²) in [5, 5.41) is 6.02. The third kappa shape index (κ3) is 4.96. The van der Waals surface area contributed by atoms with Crippen molar-refractivity contribution in [3.05, 3.63) is 103 Å². The van der Waals surface area contributed by atoms with Crippen LogP contribution in [0.2, 0.25) is 0 Å². The average molecular weight is 397 g/mol. The Bertz CT molecular complexity index is 1120. The molecular formula is C23H19N5O2. The van der Waals surface area contributed by atoms with E-state index in [0.717, 1.165) is 5.56 Å². The first kappa shape index (κ1) is 19.1. The smallest absolute Gasteiger partial charge is 0.274 e. The molecule has 0 fully saturated rings. The molecule has 0 aliphatic carbocycles. The van der Waals surface area contributed by atoms with Gasteiger partial charge in [-0.1, -0.05) is 36.4 Å². The van der Waals surface area contributed by atoms with Gasteiger partial charge in [-0.05, 0) is 35.9 Å². The summed E-state index contributed by atoms with van der Waals surface area (Å²) in [5.41, 5.74) is 1.80. The van der Waals surface area contributed by atoms with Gasteiger partial charge in [0.05, 0.1) is 5.69 Å². The highest BCUT2D eigenvalue weighted by molar-refractivity contribution is 6.04. The molecule has 7 heteroatoms. The molecule has 4 aromatic rings. The first-order valence-corrected chi connectivity index (χ1v) is 9.36. The zero-order valence-electron chi connectivity index (χ0n) is 16.0. The van der Waals surface area contributed by atoms with Crippen LogP contribution >= 0.6 is 0 Å². The van der Waals surface area contributed by atoms with E-state index in [1.807, 2.05) is 54.6 Å². The third-order valence-electron chi connectivity index (χ3n) is 4.20. The molecule has 0 atom stereocenters. The molecule has 2 N–H and O–H groups in total. The molecule has 2 aromatic heterocycles. The Morgan fingerprint density at radius 1 is 0.933 bits per heavy atom. The number of carbonyl (C=O) groups excluding carboxylic acids is 1. The van der Waals surface area contributed by atoms with Crippen LogP contribution in [0.25, 0.3) is 0 Å². The van der Waals surface area contributed by atoms with Crippen LogP contribution in [-0.4, -0.2) is 20.9 Å². The van der Waals surface area contributed by atoms with E-state index in [2.05, 4.69) is 25.6 Å². The molecular weight excluding hydrogens is 378 g/mol. The summed E-state index contributed by atoms with van der Waals surface area (Å²) in [6.07, 6.45) is 4.84. The summed E-state index contributed by atoms with van der Waals surface area (Å²) < 4.78 is 5.89. The maximum absolute atomic E-state index is 12.8. The van der Waals surface area contributed by atoms with Gasteiger partial charge >= 0.3 is 0 Å². The number of anilines is 2. The lowest BCUT2D eigenvalue weighted by Crippen LogP contribution is -2.15. The SMILES string of the molecule is O=C(Nc1ccccc1Oc1ccccc1)c1cc(NCc2cccnc2)ncn1. The van der Waals surface area contributed by atoms with Gasteiger partial charge in [-0.15, -0.1) is 0 Å². The number of ether oxygens (including phenoxy) is 1. The van der Waals surface area contributed by atoms with E-state index in [1.54, 1.807) is 30.6 Å². The van der Waals surface area contributed by atoms with Crippen molar-refractivity contribution < 1.29 is 9.53 Å². The molecule has 0 unspecified atom stereocenters. The van der Waals surface area contributed by atoms with Gasteiger partial charge < -0.3 is 15.4 Å². The molecule has 0 bridgehead atoms. The first-order chi connectivity index (χ1) is 14.8. The van der Waals surface area contributed by atoms with Crippen molar-refractivity contribution in [1.29, 1.82) is 0 Å². The molecule has 0 saturated carbocycles. The van der Waals surface area contributed by atoms with Crippen molar-refractivity contribution in [3.8, 4) is 11.5 Å². The van der Waals surface area contributed by atoms with Crippen LogP contribution in [0.1, 0.15) is 16.1 Å². The summed E-state index contributed by atoms with van der Waals surface area (Å²) in [6, 6.07) is 22.1. The Labute approximate surface area is 173 Å². The molecule has 4 rings (SSSR count). The second kappa shape index (κ2) is 9.29. The van der Waals surface area contributed by atoms with Crippen molar-refractivity contribution in [1.82, 2.24) is 15.0 Å². The number of pyridine rings is 1. The standard InChI is InChI=1S/C23H19N5O2/c29-23(20-13-22(27-16-26-20)25-15-17-7-6-12-24-14-17)28-19-10-4-5-11-21(19)30-18-8-2-1-3-9-18/h1-14,16H,15H2,(H,28,29)(H,25,26,27). The van der Waals surface area contributed by atoms with E-state index in [1.165, 1.54) is 6.33 Å². The minimum Gasteiger partial charge on any atom is -0.455 e. The summed E-state index contributed by atoms with van der Waals surface area (Å²) in [4.78, 5) is 25.1. The minimum atomic E-state index is -0.356. The predicted octanol–water partition coefficient (Wildman–Crippen LogP) is 4.53. The van der Waals surface area contributed by atoms with E-state index in [0.29, 0.717) is 29.5 Å². The number of para-hydroxylation sites is 3. The highest BCUT2D eigenvalue weighted by Crippen LogP contribution is 2.29. The Balaban J connectivity index is 1.45. The van der Waals surface area contributed by atoms with E-state index in [9.17, 15) is 4.79 Å². The number of hydrogen-bond donors (Lipinski definition) is 2. The summed E-state index contributed by atoms with van der Waals surface area (Å²) in [7, 11) is 0. The number of hydrogen-bond acceptors (Lipinski definition) is 6. The monoisotopic (exact) mass is 397 g/mol. The number of amides is 1. The normalized spacial score (nSPS) is 10.3. The first-order valence-electron chi connectivity index (χ1n) is 9.36. The molecule has 148 valence electrons. The Kier molecular flexibility index (Phi) is 5.91. The number of nitrogens with one attached hydrogen (secondary N) is 2. The molecule has 2 heterocycles. The quantitative estimate of drug-likeness (QED) is 0.476. The number of nitrogens with zero attached hydrogens (tertiary/aromatic N) is 3. The maximum Gasteiger partial charge on any atom is 0.274 e. The number of aromatic nitrogens is 3. The predicted molar refractivity (Wildman–Crippen MR) is 115 cm³/mol. The fraction of sp³-hybridized carbons (Fsp3) is 0.0435. The van der Waals surface area contributed by atoms with Crippen LogP contribution in [0.5, 0.6) is 11.5 Å². The van der Waals surface area contributed by atoms with Gasteiger partial charge in [0.1, 0.15) is 23.6 Å². The molecule has 0 spiro atoms. The topological polar surface area (TPSA) is 89.0 Å². The average Bonchev–Trinajstić information content (AvgIpc) is 2.80. The summed E-state index contributed by atoms with van der Waals surface area (Å²) in [6.45, 7) is 0.541. The lowest BCUT2D eigenvalue weighted by atomic mass is 10.2. The van der Waals surface area contributed by atoms with E-state index >= 15 is 0 Å². The van der Waals surface area contributed by atoms with Gasteiger partial charge in [0, 0.05) is 25.0 Å². The van der Waals surface area contributed by atoms with E-state index in [-0.39, 0.29) is 11.6 Å². The van der Waals surface area contributed by atoms with Crippen LogP contribution in [0.15, 0.2) is 91.5 Å². The number of benzene rings is 2.